The lowest BCUT2D eigenvalue weighted by Crippen LogP contribution is -2.48. The van der Waals surface area contributed by atoms with Crippen molar-refractivity contribution in [3.05, 3.63) is 56.6 Å². The molecule has 2 atom stereocenters. The SMILES string of the molecule is COC(=O)NCCN1C(=O)[C@@H](C)Oc2cc(Cl)c(C(=O)N(C(C)C)C3CCCCC3)cc21.COC(=O)c1ccc(O[C@H](C)C(C)=O)c([N+](=O)[O-])c1. The molecule has 51 heavy (non-hydrogen) atoms. The number of carbonyl (C=O) groups excluding carboxylic acids is 5. The summed E-state index contributed by atoms with van der Waals surface area (Å²) in [7, 11) is 2.45. The minimum Gasteiger partial charge on any atom is -0.479 e. The molecule has 16 heteroatoms. The number of nitro benzene ring substituents is 1. The van der Waals surface area contributed by atoms with Gasteiger partial charge in [0, 0.05) is 37.3 Å². The third-order valence-corrected chi connectivity index (χ3v) is 8.80. The maximum atomic E-state index is 13.6. The van der Waals surface area contributed by atoms with Gasteiger partial charge in [0.15, 0.2) is 23.7 Å². The number of ether oxygens (including phenoxy) is 4. The zero-order valence-electron chi connectivity index (χ0n) is 29.9. The van der Waals surface area contributed by atoms with E-state index in [1.807, 2.05) is 18.7 Å². The van der Waals surface area contributed by atoms with Gasteiger partial charge in [-0.3, -0.25) is 24.5 Å². The summed E-state index contributed by atoms with van der Waals surface area (Å²) < 4.78 is 20.0. The second kappa shape index (κ2) is 18.4. The van der Waals surface area contributed by atoms with Gasteiger partial charge in [-0.25, -0.2) is 9.59 Å². The first-order valence-electron chi connectivity index (χ1n) is 16.6. The molecule has 3 amide bonds. The number of carbonyl (C=O) groups is 5. The highest BCUT2D eigenvalue weighted by molar-refractivity contribution is 6.34. The largest absolute Gasteiger partial charge is 0.479 e. The molecule has 2 aromatic rings. The molecule has 278 valence electrons. The van der Waals surface area contributed by atoms with E-state index < -0.39 is 34.9 Å². The Balaban J connectivity index is 0.000000316. The van der Waals surface area contributed by atoms with E-state index in [4.69, 9.17) is 21.1 Å². The van der Waals surface area contributed by atoms with Gasteiger partial charge in [-0.15, -0.1) is 0 Å². The standard InChI is InChI=1S/C23H32ClN3O5.C12H13NO6/c1-14(2)27(16-8-6-5-7-9-16)22(29)17-12-19-20(13-18(17)24)32-15(3)21(28)26(19)11-10-25-23(30)31-4;1-7(14)8(2)19-11-5-4-9(12(15)18-3)6-10(11)13(16)17/h12-16H,5-11H2,1-4H3,(H,25,30);4-6,8H,1-3H3/t15-;8-/m11/s1. The number of nitrogens with one attached hydrogen (secondary N) is 1. The van der Waals surface area contributed by atoms with Crippen LogP contribution in [0.2, 0.25) is 5.02 Å². The summed E-state index contributed by atoms with van der Waals surface area (Å²) in [5.41, 5.74) is 0.467. The van der Waals surface area contributed by atoms with Crippen molar-refractivity contribution in [3.63, 3.8) is 0 Å². The summed E-state index contributed by atoms with van der Waals surface area (Å²) in [6, 6.07) is 7.10. The quantitative estimate of drug-likeness (QED) is 0.169. The Morgan fingerprint density at radius 3 is 2.31 bits per heavy atom. The van der Waals surface area contributed by atoms with E-state index in [2.05, 4.69) is 14.8 Å². The zero-order valence-corrected chi connectivity index (χ0v) is 30.6. The number of hydrogen-bond acceptors (Lipinski definition) is 11. The monoisotopic (exact) mass is 732 g/mol. The normalized spacial score (nSPS) is 16.1. The summed E-state index contributed by atoms with van der Waals surface area (Å²) >= 11 is 6.54. The van der Waals surface area contributed by atoms with Gasteiger partial charge in [0.05, 0.1) is 41.0 Å². The van der Waals surface area contributed by atoms with Crippen LogP contribution in [0.1, 0.15) is 87.4 Å². The number of anilines is 1. The van der Waals surface area contributed by atoms with Gasteiger partial charge in [0.2, 0.25) is 0 Å². The number of amides is 3. The molecule has 0 radical (unpaired) electrons. The average molecular weight is 733 g/mol. The van der Waals surface area contributed by atoms with Crippen molar-refractivity contribution < 1.29 is 47.8 Å². The van der Waals surface area contributed by atoms with Crippen LogP contribution in [0.5, 0.6) is 11.5 Å². The number of Topliss-reactive ketones (excluding diaryl/α,β-unsaturated/α-hetero) is 1. The second-order valence-electron chi connectivity index (χ2n) is 12.4. The van der Waals surface area contributed by atoms with E-state index in [0.717, 1.165) is 31.7 Å². The summed E-state index contributed by atoms with van der Waals surface area (Å²) in [6.45, 7) is 8.88. The molecule has 1 saturated carbocycles. The molecule has 0 bridgehead atoms. The van der Waals surface area contributed by atoms with Crippen LogP contribution in [-0.4, -0.2) is 91.1 Å². The number of fused-ring (bicyclic) bond motifs is 1. The van der Waals surface area contributed by atoms with E-state index in [-0.39, 0.29) is 54.1 Å². The predicted octanol–water partition coefficient (Wildman–Crippen LogP) is 5.73. The van der Waals surface area contributed by atoms with Crippen LogP contribution in [0, 0.1) is 10.1 Å². The molecule has 1 fully saturated rings. The van der Waals surface area contributed by atoms with Crippen LogP contribution < -0.4 is 19.7 Å². The van der Waals surface area contributed by atoms with E-state index in [1.54, 1.807) is 19.1 Å². The summed E-state index contributed by atoms with van der Waals surface area (Å²) in [4.78, 5) is 73.9. The molecular weight excluding hydrogens is 688 g/mol. The third kappa shape index (κ3) is 10.3. The minimum absolute atomic E-state index is 0.0240. The first-order valence-corrected chi connectivity index (χ1v) is 17.0. The number of alkyl carbamates (subject to hydrolysis) is 1. The van der Waals surface area contributed by atoms with Crippen molar-refractivity contribution in [2.75, 3.05) is 32.2 Å². The molecule has 1 N–H and O–H groups in total. The van der Waals surface area contributed by atoms with Crippen LogP contribution in [0.15, 0.2) is 30.3 Å². The van der Waals surface area contributed by atoms with Crippen molar-refractivity contribution >= 4 is 52.6 Å². The number of esters is 1. The maximum absolute atomic E-state index is 13.6. The fraction of sp³-hybridized carbons (Fsp3) is 0.514. The zero-order chi connectivity index (χ0) is 38.0. The van der Waals surface area contributed by atoms with Crippen LogP contribution >= 0.6 is 11.6 Å². The number of benzene rings is 2. The Labute approximate surface area is 301 Å². The van der Waals surface area contributed by atoms with Gasteiger partial charge < -0.3 is 34.1 Å². The topological polar surface area (TPSA) is 184 Å². The molecule has 4 rings (SSSR count). The van der Waals surface area contributed by atoms with Crippen LogP contribution in [0.3, 0.4) is 0 Å². The number of halogens is 1. The molecule has 2 aliphatic rings. The lowest BCUT2D eigenvalue weighted by Gasteiger charge is -2.38. The Bertz CT molecular complexity index is 1630. The van der Waals surface area contributed by atoms with E-state index in [0.29, 0.717) is 22.0 Å². The number of hydrogen-bond donors (Lipinski definition) is 1. The molecule has 1 aliphatic heterocycles. The molecule has 0 saturated heterocycles. The molecule has 1 aliphatic carbocycles. The van der Waals surface area contributed by atoms with Gasteiger partial charge in [-0.2, -0.15) is 0 Å². The lowest BCUT2D eigenvalue weighted by molar-refractivity contribution is -0.386. The lowest BCUT2D eigenvalue weighted by atomic mass is 9.92. The third-order valence-electron chi connectivity index (χ3n) is 8.49. The summed E-state index contributed by atoms with van der Waals surface area (Å²) in [6.07, 6.45) is 3.30. The highest BCUT2D eigenvalue weighted by Gasteiger charge is 2.35. The number of nitro groups is 1. The molecule has 0 spiro atoms. The van der Waals surface area contributed by atoms with Crippen LogP contribution in [0.25, 0.3) is 0 Å². The van der Waals surface area contributed by atoms with Gasteiger partial charge in [-0.05, 0) is 65.7 Å². The fourth-order valence-electron chi connectivity index (χ4n) is 5.76. The smallest absolute Gasteiger partial charge is 0.406 e. The first-order chi connectivity index (χ1) is 24.1. The summed E-state index contributed by atoms with van der Waals surface area (Å²) in [5.74, 6) is -0.970. The minimum atomic E-state index is -0.803. The average Bonchev–Trinajstić information content (AvgIpc) is 3.09. The van der Waals surface area contributed by atoms with Crippen LogP contribution in [0.4, 0.5) is 16.2 Å². The van der Waals surface area contributed by atoms with Gasteiger partial charge in [0.25, 0.3) is 11.8 Å². The van der Waals surface area contributed by atoms with Gasteiger partial charge in [-0.1, -0.05) is 30.9 Å². The second-order valence-corrected chi connectivity index (χ2v) is 12.8. The van der Waals surface area contributed by atoms with Crippen molar-refractivity contribution in [2.45, 2.75) is 91.0 Å². The number of rotatable bonds is 11. The molecular formula is C35H45ClN4O11. The Morgan fingerprint density at radius 1 is 1.08 bits per heavy atom. The number of nitrogens with zero attached hydrogens (tertiary/aromatic N) is 3. The molecule has 0 unspecified atom stereocenters. The van der Waals surface area contributed by atoms with Gasteiger partial charge >= 0.3 is 17.7 Å². The Kier molecular flexibility index (Phi) is 14.6. The fourth-order valence-corrected chi connectivity index (χ4v) is 6.00. The van der Waals surface area contributed by atoms with Gasteiger partial charge in [0.1, 0.15) is 5.75 Å². The predicted molar refractivity (Wildman–Crippen MR) is 188 cm³/mol. The van der Waals surface area contributed by atoms with E-state index in [9.17, 15) is 34.1 Å². The summed E-state index contributed by atoms with van der Waals surface area (Å²) in [5, 5.41) is 13.8. The first kappa shape index (κ1) is 40.5. The Morgan fingerprint density at radius 2 is 1.75 bits per heavy atom. The highest BCUT2D eigenvalue weighted by atomic mass is 35.5. The molecule has 1 heterocycles. The number of methoxy groups -OCH3 is 2. The molecule has 15 nitrogen and oxygen atoms in total. The highest BCUT2D eigenvalue weighted by Crippen LogP contribution is 2.39. The van der Waals surface area contributed by atoms with Crippen LogP contribution in [-0.2, 0) is 19.1 Å². The maximum Gasteiger partial charge on any atom is 0.406 e. The number of ketones is 1. The molecule has 0 aromatic heterocycles. The van der Waals surface area contributed by atoms with Crippen molar-refractivity contribution in [3.8, 4) is 11.5 Å². The van der Waals surface area contributed by atoms with Crippen molar-refractivity contribution in [1.29, 1.82) is 0 Å². The molecule has 2 aromatic carbocycles. The van der Waals surface area contributed by atoms with Crippen molar-refractivity contribution in [2.24, 2.45) is 0 Å². The van der Waals surface area contributed by atoms with E-state index in [1.165, 1.54) is 51.5 Å². The van der Waals surface area contributed by atoms with E-state index >= 15 is 0 Å². The Hall–Kier alpha value is -4.92. The van der Waals surface area contributed by atoms with Crippen molar-refractivity contribution in [1.82, 2.24) is 10.2 Å².